The zero-order valence-corrected chi connectivity index (χ0v) is 12.2. The Morgan fingerprint density at radius 3 is 2.89 bits per heavy atom. The van der Waals surface area contributed by atoms with Crippen molar-refractivity contribution in [2.45, 2.75) is 20.4 Å². The third-order valence-electron chi connectivity index (χ3n) is 2.90. The van der Waals surface area contributed by atoms with Crippen molar-refractivity contribution < 1.29 is 4.42 Å². The van der Waals surface area contributed by atoms with Crippen molar-refractivity contribution in [3.63, 3.8) is 0 Å². The van der Waals surface area contributed by atoms with Crippen LogP contribution in [0.4, 0.5) is 5.69 Å². The van der Waals surface area contributed by atoms with Crippen LogP contribution in [0.15, 0.2) is 27.1 Å². The summed E-state index contributed by atoms with van der Waals surface area (Å²) in [5, 5.41) is 4.39. The molecule has 0 radical (unpaired) electrons. The number of hydrogen-bond donors (Lipinski definition) is 1. The Morgan fingerprint density at radius 1 is 1.37 bits per heavy atom. The average Bonchev–Trinajstić information content (AvgIpc) is 2.91. The highest BCUT2D eigenvalue weighted by Crippen LogP contribution is 2.30. The minimum Gasteiger partial charge on any atom is -0.432 e. The smallest absolute Gasteiger partial charge is 0.245 e. The van der Waals surface area contributed by atoms with Crippen LogP contribution in [0.1, 0.15) is 12.6 Å². The molecule has 0 amide bonds. The van der Waals surface area contributed by atoms with Gasteiger partial charge in [0, 0.05) is 11.0 Å². The Bertz CT molecular complexity index is 759. The first-order valence-corrected chi connectivity index (χ1v) is 6.78. The summed E-state index contributed by atoms with van der Waals surface area (Å²) in [5.74, 6) is 0.544. The summed E-state index contributed by atoms with van der Waals surface area (Å²) in [7, 11) is 0. The van der Waals surface area contributed by atoms with Gasteiger partial charge >= 0.3 is 0 Å². The fourth-order valence-corrected chi connectivity index (χ4v) is 2.55. The maximum Gasteiger partial charge on any atom is 0.245 e. The van der Waals surface area contributed by atoms with Crippen LogP contribution in [-0.4, -0.2) is 14.8 Å². The molecule has 0 atom stereocenters. The Labute approximate surface area is 118 Å². The van der Waals surface area contributed by atoms with E-state index in [1.807, 2.05) is 30.7 Å². The minimum atomic E-state index is 0.544. The molecule has 3 aromatic rings. The molecule has 0 spiro atoms. The lowest BCUT2D eigenvalue weighted by Crippen LogP contribution is -1.99. The van der Waals surface area contributed by atoms with E-state index < -0.39 is 0 Å². The Kier molecular flexibility index (Phi) is 2.82. The van der Waals surface area contributed by atoms with Gasteiger partial charge in [-0.05, 0) is 32.0 Å². The Hall–Kier alpha value is -1.82. The monoisotopic (exact) mass is 320 g/mol. The van der Waals surface area contributed by atoms with Gasteiger partial charge in [0.2, 0.25) is 5.89 Å². The molecular weight excluding hydrogens is 308 g/mol. The van der Waals surface area contributed by atoms with Crippen molar-refractivity contribution in [2.75, 3.05) is 5.73 Å². The van der Waals surface area contributed by atoms with Crippen molar-refractivity contribution in [1.29, 1.82) is 0 Å². The van der Waals surface area contributed by atoms with Gasteiger partial charge in [0.1, 0.15) is 11.2 Å². The van der Waals surface area contributed by atoms with Gasteiger partial charge in [0.15, 0.2) is 5.58 Å². The fraction of sp³-hybridized carbons (Fsp3) is 0.231. The summed E-state index contributed by atoms with van der Waals surface area (Å²) in [6.45, 7) is 4.74. The summed E-state index contributed by atoms with van der Waals surface area (Å²) < 4.78 is 8.53. The highest BCUT2D eigenvalue weighted by Gasteiger charge is 2.15. The first-order valence-electron chi connectivity index (χ1n) is 5.99. The molecule has 0 aliphatic heterocycles. The fourth-order valence-electron chi connectivity index (χ4n) is 2.09. The molecule has 2 aromatic heterocycles. The molecule has 0 aliphatic carbocycles. The summed E-state index contributed by atoms with van der Waals surface area (Å²) >= 11 is 3.40. The van der Waals surface area contributed by atoms with E-state index in [1.165, 1.54) is 0 Å². The molecule has 98 valence electrons. The van der Waals surface area contributed by atoms with Crippen LogP contribution in [0.5, 0.6) is 0 Å². The quantitative estimate of drug-likeness (QED) is 0.735. The molecule has 2 N–H and O–H groups in total. The SMILES string of the molecule is CCn1nc(C)cc1-c1nc2cc(Br)cc(N)c2o1. The lowest BCUT2D eigenvalue weighted by molar-refractivity contribution is 0.591. The molecule has 0 bridgehead atoms. The summed E-state index contributed by atoms with van der Waals surface area (Å²) in [6, 6.07) is 5.65. The number of nitrogens with two attached hydrogens (primary N) is 1. The number of hydrogen-bond acceptors (Lipinski definition) is 4. The van der Waals surface area contributed by atoms with Crippen molar-refractivity contribution in [2.24, 2.45) is 0 Å². The number of fused-ring (bicyclic) bond motifs is 1. The maximum atomic E-state index is 5.94. The van der Waals surface area contributed by atoms with Gasteiger partial charge in [-0.25, -0.2) is 4.98 Å². The number of halogens is 1. The number of aryl methyl sites for hydroxylation is 2. The molecular formula is C13H13BrN4O. The molecule has 1 aromatic carbocycles. The molecule has 5 nitrogen and oxygen atoms in total. The lowest BCUT2D eigenvalue weighted by atomic mass is 10.3. The van der Waals surface area contributed by atoms with E-state index in [1.54, 1.807) is 6.07 Å². The Balaban J connectivity index is 2.23. The van der Waals surface area contributed by atoms with Crippen LogP contribution in [-0.2, 0) is 6.54 Å². The van der Waals surface area contributed by atoms with Gasteiger partial charge in [-0.2, -0.15) is 5.10 Å². The molecule has 0 unspecified atom stereocenters. The third-order valence-corrected chi connectivity index (χ3v) is 3.36. The summed E-state index contributed by atoms with van der Waals surface area (Å²) in [5.41, 5.74) is 9.67. The average molecular weight is 321 g/mol. The van der Waals surface area contributed by atoms with Crippen LogP contribution in [0.2, 0.25) is 0 Å². The first-order chi connectivity index (χ1) is 9.08. The predicted molar refractivity (Wildman–Crippen MR) is 77.8 cm³/mol. The van der Waals surface area contributed by atoms with Gasteiger partial charge in [0.25, 0.3) is 0 Å². The van der Waals surface area contributed by atoms with Gasteiger partial charge in [-0.1, -0.05) is 15.9 Å². The van der Waals surface area contributed by atoms with E-state index >= 15 is 0 Å². The standard InChI is InChI=1S/C13H13BrN4O/c1-3-18-11(4-7(2)17-18)13-16-10-6-8(14)5-9(15)12(10)19-13/h4-6H,3,15H2,1-2H3. The number of aromatic nitrogens is 3. The van der Waals surface area contributed by atoms with Gasteiger partial charge in [-0.15, -0.1) is 0 Å². The van der Waals surface area contributed by atoms with Crippen LogP contribution < -0.4 is 5.73 Å². The topological polar surface area (TPSA) is 69.9 Å². The van der Waals surface area contributed by atoms with Crippen molar-refractivity contribution in [1.82, 2.24) is 14.8 Å². The van der Waals surface area contributed by atoms with E-state index in [2.05, 4.69) is 26.0 Å². The second-order valence-electron chi connectivity index (χ2n) is 4.35. The van der Waals surface area contributed by atoms with Crippen LogP contribution >= 0.6 is 15.9 Å². The first kappa shape index (κ1) is 12.2. The number of anilines is 1. The third kappa shape index (κ3) is 2.02. The second kappa shape index (κ2) is 4.38. The van der Waals surface area contributed by atoms with Crippen LogP contribution in [0, 0.1) is 6.92 Å². The van der Waals surface area contributed by atoms with E-state index in [0.717, 1.165) is 27.9 Å². The number of rotatable bonds is 2. The number of nitrogens with zero attached hydrogens (tertiary/aromatic N) is 3. The van der Waals surface area contributed by atoms with Crippen LogP contribution in [0.3, 0.4) is 0 Å². The maximum absolute atomic E-state index is 5.94. The Morgan fingerprint density at radius 2 is 2.16 bits per heavy atom. The molecule has 0 saturated carbocycles. The highest BCUT2D eigenvalue weighted by atomic mass is 79.9. The molecule has 6 heteroatoms. The minimum absolute atomic E-state index is 0.544. The van der Waals surface area contributed by atoms with Crippen LogP contribution in [0.25, 0.3) is 22.7 Å². The highest BCUT2D eigenvalue weighted by molar-refractivity contribution is 9.10. The molecule has 19 heavy (non-hydrogen) atoms. The lowest BCUT2D eigenvalue weighted by Gasteiger charge is -1.99. The van der Waals surface area contributed by atoms with Crippen molar-refractivity contribution in [3.05, 3.63) is 28.4 Å². The van der Waals surface area contributed by atoms with Crippen molar-refractivity contribution in [3.8, 4) is 11.6 Å². The van der Waals surface area contributed by atoms with Gasteiger partial charge in [0.05, 0.1) is 11.4 Å². The predicted octanol–water partition coefficient (Wildman–Crippen LogP) is 3.36. The molecule has 0 aliphatic rings. The molecule has 0 saturated heterocycles. The van der Waals surface area contributed by atoms with Gasteiger partial charge in [-0.3, -0.25) is 4.68 Å². The molecule has 0 fully saturated rings. The zero-order chi connectivity index (χ0) is 13.6. The van der Waals surface area contributed by atoms with E-state index in [9.17, 15) is 0 Å². The molecule has 3 rings (SSSR count). The largest absolute Gasteiger partial charge is 0.432 e. The summed E-state index contributed by atoms with van der Waals surface area (Å²) in [6.07, 6.45) is 0. The molecule has 2 heterocycles. The second-order valence-corrected chi connectivity index (χ2v) is 5.26. The zero-order valence-electron chi connectivity index (χ0n) is 10.6. The van der Waals surface area contributed by atoms with Gasteiger partial charge < -0.3 is 10.2 Å². The van der Waals surface area contributed by atoms with E-state index in [4.69, 9.17) is 10.2 Å². The van der Waals surface area contributed by atoms with Crippen molar-refractivity contribution >= 4 is 32.7 Å². The number of benzene rings is 1. The summed E-state index contributed by atoms with van der Waals surface area (Å²) in [4.78, 5) is 4.49. The number of nitrogen functional groups attached to an aromatic ring is 1. The number of oxazole rings is 1. The van der Waals surface area contributed by atoms with E-state index in [-0.39, 0.29) is 0 Å². The normalized spacial score (nSPS) is 11.3. The van der Waals surface area contributed by atoms with E-state index in [0.29, 0.717) is 17.2 Å².